The van der Waals surface area contributed by atoms with Gasteiger partial charge in [0.15, 0.2) is 12.6 Å². The maximum absolute atomic E-state index is 11.9. The topological polar surface area (TPSA) is 95.5 Å². The number of hydrogen-bond acceptors (Lipinski definition) is 5. The van der Waals surface area contributed by atoms with Crippen LogP contribution in [0.2, 0.25) is 0 Å². The van der Waals surface area contributed by atoms with E-state index in [-0.39, 0.29) is 42.6 Å². The highest BCUT2D eigenvalue weighted by Gasteiger charge is 2.24. The number of nitrogens with one attached hydrogen (secondary N) is 2. The molecule has 184 valence electrons. The Morgan fingerprint density at radius 1 is 1.06 bits per heavy atom. The number of hydrogen-bond donors (Lipinski definition) is 2. The molecule has 0 bridgehead atoms. The zero-order valence-corrected chi connectivity index (χ0v) is 21.9. The van der Waals surface area contributed by atoms with Gasteiger partial charge in [-0.15, -0.1) is 24.0 Å². The van der Waals surface area contributed by atoms with Gasteiger partial charge >= 0.3 is 6.09 Å². The second-order valence-corrected chi connectivity index (χ2v) is 7.93. The van der Waals surface area contributed by atoms with Crippen molar-refractivity contribution < 1.29 is 19.1 Å². The van der Waals surface area contributed by atoms with E-state index in [4.69, 9.17) is 14.5 Å². The fourth-order valence-corrected chi connectivity index (χ4v) is 3.43. The molecule has 9 nitrogen and oxygen atoms in total. The molecule has 0 atom stereocenters. The van der Waals surface area contributed by atoms with E-state index < -0.39 is 0 Å². The molecule has 1 aliphatic heterocycles. The standard InChI is InChI=1S/C23H35N5O4.HI/c1-3-24-22(27-13-15-28(16-14-27)23(30)31-4-2)25-12-11-18-5-9-20(10-6-18)32-17-21(29)26-19-7-8-19;/h5-6,9-10,19H,3-4,7-8,11-17H2,1-2H3,(H,24,25)(H,26,29);1H. The van der Waals surface area contributed by atoms with E-state index in [9.17, 15) is 9.59 Å². The van der Waals surface area contributed by atoms with E-state index in [0.717, 1.165) is 50.4 Å². The van der Waals surface area contributed by atoms with Crippen molar-refractivity contribution in [2.24, 2.45) is 4.99 Å². The maximum Gasteiger partial charge on any atom is 0.409 e. The zero-order valence-electron chi connectivity index (χ0n) is 19.5. The number of aliphatic imine (C=N–C) groups is 1. The molecule has 1 saturated carbocycles. The number of rotatable bonds is 9. The molecule has 0 unspecified atom stereocenters. The molecule has 0 radical (unpaired) electrons. The third-order valence-corrected chi connectivity index (χ3v) is 5.34. The van der Waals surface area contributed by atoms with Crippen molar-refractivity contribution in [1.82, 2.24) is 20.4 Å². The second kappa shape index (κ2) is 14.1. The third kappa shape index (κ3) is 9.26. The molecule has 2 amide bonds. The minimum atomic E-state index is -0.245. The van der Waals surface area contributed by atoms with Gasteiger partial charge in [-0.25, -0.2) is 4.79 Å². The molecule has 33 heavy (non-hydrogen) atoms. The number of benzene rings is 1. The Bertz CT molecular complexity index is 778. The molecule has 1 aromatic rings. The van der Waals surface area contributed by atoms with Gasteiger partial charge in [0.25, 0.3) is 5.91 Å². The Morgan fingerprint density at radius 3 is 2.33 bits per heavy atom. The van der Waals surface area contributed by atoms with Gasteiger partial charge < -0.3 is 29.9 Å². The van der Waals surface area contributed by atoms with Gasteiger partial charge in [-0.3, -0.25) is 9.79 Å². The maximum atomic E-state index is 11.9. The first kappa shape index (κ1) is 27.0. The van der Waals surface area contributed by atoms with E-state index in [1.54, 1.807) is 4.90 Å². The minimum Gasteiger partial charge on any atom is -0.484 e. The number of piperazine rings is 1. The molecule has 0 spiro atoms. The summed E-state index contributed by atoms with van der Waals surface area (Å²) in [4.78, 5) is 32.3. The molecular weight excluding hydrogens is 537 g/mol. The molecule has 1 heterocycles. The molecule has 3 rings (SSSR count). The predicted octanol–water partition coefficient (Wildman–Crippen LogP) is 2.24. The summed E-state index contributed by atoms with van der Waals surface area (Å²) in [7, 11) is 0. The molecule has 2 N–H and O–H groups in total. The summed E-state index contributed by atoms with van der Waals surface area (Å²) in [5, 5.41) is 6.26. The van der Waals surface area contributed by atoms with E-state index in [2.05, 4.69) is 15.5 Å². The summed E-state index contributed by atoms with van der Waals surface area (Å²) < 4.78 is 10.6. The third-order valence-electron chi connectivity index (χ3n) is 5.34. The fraction of sp³-hybridized carbons (Fsp3) is 0.609. The van der Waals surface area contributed by atoms with Gasteiger partial charge in [-0.1, -0.05) is 12.1 Å². The zero-order chi connectivity index (χ0) is 22.8. The Morgan fingerprint density at radius 2 is 1.73 bits per heavy atom. The van der Waals surface area contributed by atoms with Crippen LogP contribution < -0.4 is 15.4 Å². The number of guanidine groups is 1. The Labute approximate surface area is 213 Å². The lowest BCUT2D eigenvalue weighted by Crippen LogP contribution is -2.54. The molecule has 2 aliphatic rings. The molecule has 0 aromatic heterocycles. The van der Waals surface area contributed by atoms with Crippen molar-refractivity contribution >= 4 is 41.9 Å². The van der Waals surface area contributed by atoms with E-state index in [1.165, 1.54) is 0 Å². The van der Waals surface area contributed by atoms with E-state index in [0.29, 0.717) is 38.0 Å². The fourth-order valence-electron chi connectivity index (χ4n) is 3.43. The quantitative estimate of drug-likeness (QED) is 0.268. The van der Waals surface area contributed by atoms with Gasteiger partial charge in [0.1, 0.15) is 5.75 Å². The van der Waals surface area contributed by atoms with Crippen molar-refractivity contribution in [3.8, 4) is 5.75 Å². The van der Waals surface area contributed by atoms with Crippen LogP contribution in [0.5, 0.6) is 5.75 Å². The highest BCUT2D eigenvalue weighted by Crippen LogP contribution is 2.18. The lowest BCUT2D eigenvalue weighted by Gasteiger charge is -2.35. The van der Waals surface area contributed by atoms with Gasteiger partial charge in [0, 0.05) is 45.3 Å². The Balaban J connectivity index is 0.00000385. The van der Waals surface area contributed by atoms with Crippen LogP contribution in [-0.4, -0.2) is 86.3 Å². The van der Waals surface area contributed by atoms with Gasteiger partial charge in [-0.2, -0.15) is 0 Å². The molecule has 1 aliphatic carbocycles. The number of amides is 2. The van der Waals surface area contributed by atoms with Crippen LogP contribution in [0.15, 0.2) is 29.3 Å². The SMILES string of the molecule is CCNC(=NCCc1ccc(OCC(=O)NC2CC2)cc1)N1CCN(C(=O)OCC)CC1.I. The number of nitrogens with zero attached hydrogens (tertiary/aromatic N) is 3. The summed E-state index contributed by atoms with van der Waals surface area (Å²) >= 11 is 0. The molecule has 1 aromatic carbocycles. The van der Waals surface area contributed by atoms with Crippen molar-refractivity contribution in [3.05, 3.63) is 29.8 Å². The van der Waals surface area contributed by atoms with Crippen LogP contribution in [0, 0.1) is 0 Å². The van der Waals surface area contributed by atoms with Gasteiger partial charge in [0.05, 0.1) is 6.61 Å². The molecule has 1 saturated heterocycles. The largest absolute Gasteiger partial charge is 0.484 e. The van der Waals surface area contributed by atoms with Crippen LogP contribution in [0.1, 0.15) is 32.3 Å². The first-order valence-corrected chi connectivity index (χ1v) is 11.5. The number of halogens is 1. The normalized spacial score (nSPS) is 16.0. The Kier molecular flexibility index (Phi) is 11.6. The summed E-state index contributed by atoms with van der Waals surface area (Å²) in [6.07, 6.45) is 2.70. The first-order valence-electron chi connectivity index (χ1n) is 11.5. The minimum absolute atomic E-state index is 0. The number of carbonyl (C=O) groups excluding carboxylic acids is 2. The van der Waals surface area contributed by atoms with Gasteiger partial charge in [-0.05, 0) is 50.8 Å². The summed E-state index contributed by atoms with van der Waals surface area (Å²) in [5.41, 5.74) is 1.16. The summed E-state index contributed by atoms with van der Waals surface area (Å²) in [6, 6.07) is 8.15. The molecule has 2 fully saturated rings. The van der Waals surface area contributed by atoms with E-state index in [1.807, 2.05) is 38.1 Å². The number of ether oxygens (including phenoxy) is 2. The van der Waals surface area contributed by atoms with Crippen LogP contribution in [0.25, 0.3) is 0 Å². The van der Waals surface area contributed by atoms with Gasteiger partial charge in [0.2, 0.25) is 0 Å². The van der Waals surface area contributed by atoms with Crippen molar-refractivity contribution in [3.63, 3.8) is 0 Å². The lowest BCUT2D eigenvalue weighted by atomic mass is 10.1. The molecule has 10 heteroatoms. The smallest absolute Gasteiger partial charge is 0.409 e. The highest BCUT2D eigenvalue weighted by atomic mass is 127. The van der Waals surface area contributed by atoms with Crippen LogP contribution in [0.3, 0.4) is 0 Å². The van der Waals surface area contributed by atoms with Crippen LogP contribution >= 0.6 is 24.0 Å². The van der Waals surface area contributed by atoms with Crippen molar-refractivity contribution in [1.29, 1.82) is 0 Å². The van der Waals surface area contributed by atoms with Crippen molar-refractivity contribution in [2.45, 2.75) is 39.2 Å². The summed E-state index contributed by atoms with van der Waals surface area (Å²) in [6.45, 7) is 8.47. The average Bonchev–Trinajstić information content (AvgIpc) is 3.62. The van der Waals surface area contributed by atoms with E-state index >= 15 is 0 Å². The van der Waals surface area contributed by atoms with Crippen LogP contribution in [-0.2, 0) is 16.0 Å². The van der Waals surface area contributed by atoms with Crippen molar-refractivity contribution in [2.75, 3.05) is 52.5 Å². The monoisotopic (exact) mass is 573 g/mol. The predicted molar refractivity (Wildman–Crippen MR) is 138 cm³/mol. The number of carbonyl (C=O) groups is 2. The first-order chi connectivity index (χ1) is 15.6. The lowest BCUT2D eigenvalue weighted by molar-refractivity contribution is -0.123. The second-order valence-electron chi connectivity index (χ2n) is 7.93. The average molecular weight is 573 g/mol. The van der Waals surface area contributed by atoms with Crippen LogP contribution in [0.4, 0.5) is 4.79 Å². The molecular formula is C23H36IN5O4. The Hall–Kier alpha value is -2.24. The highest BCUT2D eigenvalue weighted by molar-refractivity contribution is 14.0. The summed E-state index contributed by atoms with van der Waals surface area (Å²) in [5.74, 6) is 1.50.